The number of carbonyl (C=O) groups excluding carboxylic acids is 1. The number of hydrogen-bond donors (Lipinski definition) is 0. The number of unbranched alkanes of at least 4 members (excludes halogenated alkanes) is 35. The van der Waals surface area contributed by atoms with Gasteiger partial charge in [-0.3, -0.25) is 4.79 Å². The van der Waals surface area contributed by atoms with Gasteiger partial charge >= 0.3 is 5.97 Å². The summed E-state index contributed by atoms with van der Waals surface area (Å²) in [4.78, 5) is 12.0. The van der Waals surface area contributed by atoms with Crippen molar-refractivity contribution >= 4 is 5.97 Å². The van der Waals surface area contributed by atoms with Crippen LogP contribution in [0.2, 0.25) is 0 Å². The SMILES string of the molecule is CCCCC/C=C/CCCCCCCCCCCCCCCC/C=C1\OC(=O)C1CCCCCCCCCCCCCCCC/C=C/CCCCC. The molecule has 1 aliphatic rings. The van der Waals surface area contributed by atoms with Crippen LogP contribution in [0.25, 0.3) is 0 Å². The van der Waals surface area contributed by atoms with Gasteiger partial charge in [0.2, 0.25) is 0 Å². The van der Waals surface area contributed by atoms with Gasteiger partial charge in [-0.1, -0.05) is 224 Å². The Labute approximate surface area is 327 Å². The zero-order valence-electron chi connectivity index (χ0n) is 35.6. The highest BCUT2D eigenvalue weighted by atomic mass is 16.6. The molecule has 0 saturated carbocycles. The van der Waals surface area contributed by atoms with Gasteiger partial charge < -0.3 is 4.74 Å². The average molecular weight is 725 g/mol. The summed E-state index contributed by atoms with van der Waals surface area (Å²) >= 11 is 0. The van der Waals surface area contributed by atoms with E-state index in [0.29, 0.717) is 0 Å². The van der Waals surface area contributed by atoms with E-state index in [0.717, 1.165) is 18.6 Å². The second kappa shape index (κ2) is 40.9. The molecule has 0 bridgehead atoms. The van der Waals surface area contributed by atoms with E-state index in [4.69, 9.17) is 4.74 Å². The zero-order valence-corrected chi connectivity index (χ0v) is 35.6. The first-order valence-electron chi connectivity index (χ1n) is 24.0. The smallest absolute Gasteiger partial charge is 0.321 e. The van der Waals surface area contributed by atoms with Crippen LogP contribution in [0.4, 0.5) is 0 Å². The van der Waals surface area contributed by atoms with Crippen LogP contribution < -0.4 is 0 Å². The molecule has 1 rings (SSSR count). The van der Waals surface area contributed by atoms with Crippen molar-refractivity contribution < 1.29 is 9.53 Å². The van der Waals surface area contributed by atoms with Crippen LogP contribution >= 0.6 is 0 Å². The van der Waals surface area contributed by atoms with E-state index < -0.39 is 0 Å². The molecule has 0 amide bonds. The molecule has 0 radical (unpaired) electrons. The summed E-state index contributed by atoms with van der Waals surface area (Å²) in [7, 11) is 0. The maximum Gasteiger partial charge on any atom is 0.321 e. The summed E-state index contributed by atoms with van der Waals surface area (Å²) in [6.07, 6.45) is 66.1. The van der Waals surface area contributed by atoms with Crippen molar-refractivity contribution in [1.29, 1.82) is 0 Å². The topological polar surface area (TPSA) is 26.3 Å². The molecule has 1 atom stereocenters. The zero-order chi connectivity index (χ0) is 37.3. The van der Waals surface area contributed by atoms with Crippen LogP contribution in [0, 0.1) is 5.92 Å². The van der Waals surface area contributed by atoms with E-state index in [2.05, 4.69) is 44.2 Å². The summed E-state index contributed by atoms with van der Waals surface area (Å²) in [5, 5.41) is 0. The van der Waals surface area contributed by atoms with Gasteiger partial charge in [-0.25, -0.2) is 0 Å². The van der Waals surface area contributed by atoms with Gasteiger partial charge in [-0.15, -0.1) is 0 Å². The Morgan fingerprint density at radius 3 is 0.942 bits per heavy atom. The molecule has 1 saturated heterocycles. The third kappa shape index (κ3) is 33.3. The largest absolute Gasteiger partial charge is 0.430 e. The molecule has 52 heavy (non-hydrogen) atoms. The molecular weight excluding hydrogens is 633 g/mol. The van der Waals surface area contributed by atoms with E-state index in [9.17, 15) is 4.79 Å². The van der Waals surface area contributed by atoms with Gasteiger partial charge in [0.05, 0.1) is 0 Å². The lowest BCUT2D eigenvalue weighted by Crippen LogP contribution is -2.32. The van der Waals surface area contributed by atoms with Crippen molar-refractivity contribution in [3.8, 4) is 0 Å². The average Bonchev–Trinajstić information content (AvgIpc) is 3.15. The van der Waals surface area contributed by atoms with Gasteiger partial charge in [0, 0.05) is 0 Å². The fraction of sp³-hybridized carbons (Fsp3) is 0.860. The predicted molar refractivity (Wildman–Crippen MR) is 232 cm³/mol. The lowest BCUT2D eigenvalue weighted by molar-refractivity contribution is -0.157. The maximum atomic E-state index is 12.0. The Morgan fingerprint density at radius 2 is 0.635 bits per heavy atom. The van der Waals surface area contributed by atoms with Crippen molar-refractivity contribution in [2.75, 3.05) is 0 Å². The number of carbonyl (C=O) groups is 1. The van der Waals surface area contributed by atoms with Crippen LogP contribution in [0.3, 0.4) is 0 Å². The highest BCUT2D eigenvalue weighted by molar-refractivity contribution is 5.82. The van der Waals surface area contributed by atoms with Crippen LogP contribution in [-0.4, -0.2) is 5.97 Å². The molecule has 304 valence electrons. The number of rotatable bonds is 42. The van der Waals surface area contributed by atoms with E-state index in [-0.39, 0.29) is 11.9 Å². The lowest BCUT2D eigenvalue weighted by Gasteiger charge is -2.28. The van der Waals surface area contributed by atoms with Crippen molar-refractivity contribution in [3.63, 3.8) is 0 Å². The van der Waals surface area contributed by atoms with Crippen molar-refractivity contribution in [3.05, 3.63) is 36.1 Å². The first-order chi connectivity index (χ1) is 25.8. The third-order valence-corrected chi connectivity index (χ3v) is 11.4. The number of allylic oxidation sites excluding steroid dienone is 5. The van der Waals surface area contributed by atoms with E-state index in [1.165, 1.54) is 244 Å². The molecule has 1 heterocycles. The molecule has 1 fully saturated rings. The minimum absolute atomic E-state index is 0.0213. The minimum Gasteiger partial charge on any atom is -0.430 e. The number of hydrogen-bond acceptors (Lipinski definition) is 2. The van der Waals surface area contributed by atoms with E-state index >= 15 is 0 Å². The molecule has 2 nitrogen and oxygen atoms in total. The second-order valence-corrected chi connectivity index (χ2v) is 16.6. The number of ether oxygens (including phenoxy) is 1. The quantitative estimate of drug-likeness (QED) is 0.0356. The molecule has 1 unspecified atom stereocenters. The minimum atomic E-state index is 0.0213. The molecule has 0 spiro atoms. The van der Waals surface area contributed by atoms with Crippen LogP contribution in [0.5, 0.6) is 0 Å². The Hall–Kier alpha value is -1.31. The fourth-order valence-electron chi connectivity index (χ4n) is 7.76. The standard InChI is InChI=1S/C50H92O2/c1-3-5-7-9-11-13-15-17-19-21-23-25-27-29-31-33-35-37-39-41-43-45-47-49-48(50(51)52-49)46-44-42-40-38-36-34-32-30-28-26-24-22-20-18-16-14-12-10-8-6-4-2/h11-14,47-48H,3-10,15-46H2,1-2H3/b13-11+,14-12+,49-47-. The van der Waals surface area contributed by atoms with Gasteiger partial charge in [-0.2, -0.15) is 0 Å². The van der Waals surface area contributed by atoms with Gasteiger partial charge in [-0.05, 0) is 76.7 Å². The maximum absolute atomic E-state index is 12.0. The number of esters is 1. The summed E-state index contributed by atoms with van der Waals surface area (Å²) < 4.78 is 5.41. The molecule has 0 N–H and O–H groups in total. The molecule has 0 aromatic heterocycles. The van der Waals surface area contributed by atoms with Gasteiger partial charge in [0.25, 0.3) is 0 Å². The first kappa shape index (κ1) is 48.7. The molecule has 2 heteroatoms. The number of cyclic esters (lactones) is 1. The highest BCUT2D eigenvalue weighted by Gasteiger charge is 2.36. The van der Waals surface area contributed by atoms with Crippen molar-refractivity contribution in [2.24, 2.45) is 5.92 Å². The summed E-state index contributed by atoms with van der Waals surface area (Å²) in [6.45, 7) is 4.56. The van der Waals surface area contributed by atoms with E-state index in [1.54, 1.807) is 0 Å². The Morgan fingerprint density at radius 1 is 0.365 bits per heavy atom. The monoisotopic (exact) mass is 725 g/mol. The summed E-state index contributed by atoms with van der Waals surface area (Å²) in [6, 6.07) is 0. The Bertz CT molecular complexity index is 822. The van der Waals surface area contributed by atoms with E-state index in [1.807, 2.05) is 0 Å². The normalized spacial score (nSPS) is 15.4. The van der Waals surface area contributed by atoms with Gasteiger partial charge in [0.1, 0.15) is 11.7 Å². The first-order valence-corrected chi connectivity index (χ1v) is 24.0. The molecule has 0 aromatic rings. The summed E-state index contributed by atoms with van der Waals surface area (Å²) in [5.74, 6) is 1.08. The molecular formula is C50H92O2. The fourth-order valence-corrected chi connectivity index (χ4v) is 7.76. The van der Waals surface area contributed by atoms with Crippen LogP contribution in [0.1, 0.15) is 271 Å². The Balaban J connectivity index is 1.79. The summed E-state index contributed by atoms with van der Waals surface area (Å²) in [5.41, 5.74) is 0. The van der Waals surface area contributed by atoms with Crippen molar-refractivity contribution in [2.45, 2.75) is 271 Å². The van der Waals surface area contributed by atoms with Crippen LogP contribution in [0.15, 0.2) is 36.1 Å². The molecule has 0 aromatic carbocycles. The Kier molecular flexibility index (Phi) is 38.3. The molecule has 1 aliphatic heterocycles. The highest BCUT2D eigenvalue weighted by Crippen LogP contribution is 2.32. The molecule has 0 aliphatic carbocycles. The predicted octanol–water partition coefficient (Wildman–Crippen LogP) is 17.8. The van der Waals surface area contributed by atoms with Crippen LogP contribution in [-0.2, 0) is 9.53 Å². The third-order valence-electron chi connectivity index (χ3n) is 11.4. The lowest BCUT2D eigenvalue weighted by atomic mass is 9.93. The second-order valence-electron chi connectivity index (χ2n) is 16.6. The van der Waals surface area contributed by atoms with Gasteiger partial charge in [0.15, 0.2) is 0 Å². The van der Waals surface area contributed by atoms with Crippen molar-refractivity contribution in [1.82, 2.24) is 0 Å².